The summed E-state index contributed by atoms with van der Waals surface area (Å²) in [5, 5.41) is 0. The Balaban J connectivity index is 2.29. The Hall–Kier alpha value is -1.55. The molecule has 2 rings (SSSR count). The average Bonchev–Trinajstić information content (AvgIpc) is 2.64. The van der Waals surface area contributed by atoms with Gasteiger partial charge in [-0.2, -0.15) is 0 Å². The van der Waals surface area contributed by atoms with Crippen LogP contribution in [0.15, 0.2) is 18.2 Å². The number of rotatable bonds is 2. The summed E-state index contributed by atoms with van der Waals surface area (Å²) in [4.78, 5) is 13.0. The molecule has 0 aromatic heterocycles. The van der Waals surface area contributed by atoms with E-state index in [1.54, 1.807) is 4.90 Å². The minimum absolute atomic E-state index is 0.269. The minimum Gasteiger partial charge on any atom is -0.447 e. The molecule has 0 spiro atoms. The van der Waals surface area contributed by atoms with Gasteiger partial charge in [-0.15, -0.1) is 0 Å². The Morgan fingerprint density at radius 2 is 2.33 bits per heavy atom. The van der Waals surface area contributed by atoms with Gasteiger partial charge in [0, 0.05) is 12.2 Å². The van der Waals surface area contributed by atoms with Gasteiger partial charge >= 0.3 is 6.09 Å². The third kappa shape index (κ3) is 1.80. The summed E-state index contributed by atoms with van der Waals surface area (Å²) in [7, 11) is 0. The molecule has 4 heteroatoms. The van der Waals surface area contributed by atoms with Crippen molar-refractivity contribution in [2.75, 3.05) is 18.1 Å². The summed E-state index contributed by atoms with van der Waals surface area (Å²) in [6.45, 7) is 3.61. The molecule has 0 atom stereocenters. The van der Waals surface area contributed by atoms with Gasteiger partial charge in [-0.3, -0.25) is 4.90 Å². The minimum atomic E-state index is -0.269. The lowest BCUT2D eigenvalue weighted by Crippen LogP contribution is -2.23. The molecule has 0 saturated carbocycles. The third-order valence-electron chi connectivity index (χ3n) is 2.62. The standard InChI is InChI=1S/C11H14N2O2/c1-8-6-10(3-2-9(8)7-12)13-4-5-15-11(13)14/h2-3,6H,4-5,7,12H2,1H3. The SMILES string of the molecule is Cc1cc(N2CCOC2=O)ccc1CN. The molecule has 1 heterocycles. The van der Waals surface area contributed by atoms with E-state index in [1.165, 1.54) is 0 Å². The van der Waals surface area contributed by atoms with Crippen LogP contribution in [0, 0.1) is 6.92 Å². The van der Waals surface area contributed by atoms with Crippen molar-refractivity contribution >= 4 is 11.8 Å². The molecule has 0 unspecified atom stereocenters. The zero-order valence-electron chi connectivity index (χ0n) is 8.69. The number of ether oxygens (including phenoxy) is 1. The van der Waals surface area contributed by atoms with Crippen LogP contribution < -0.4 is 10.6 Å². The molecule has 1 amide bonds. The van der Waals surface area contributed by atoms with Gasteiger partial charge in [-0.1, -0.05) is 6.07 Å². The number of hydrogen-bond donors (Lipinski definition) is 1. The smallest absolute Gasteiger partial charge is 0.414 e. The quantitative estimate of drug-likeness (QED) is 0.796. The van der Waals surface area contributed by atoms with Crippen LogP contribution in [0.2, 0.25) is 0 Å². The molecule has 1 aromatic carbocycles. The van der Waals surface area contributed by atoms with Crippen LogP contribution in [0.3, 0.4) is 0 Å². The van der Waals surface area contributed by atoms with Crippen LogP contribution in [0.5, 0.6) is 0 Å². The average molecular weight is 206 g/mol. The first-order chi connectivity index (χ1) is 7.22. The van der Waals surface area contributed by atoms with Crippen LogP contribution in [-0.2, 0) is 11.3 Å². The highest BCUT2D eigenvalue weighted by molar-refractivity contribution is 5.89. The molecule has 0 bridgehead atoms. The van der Waals surface area contributed by atoms with E-state index in [1.807, 2.05) is 25.1 Å². The second-order valence-corrected chi connectivity index (χ2v) is 3.58. The van der Waals surface area contributed by atoms with Crippen molar-refractivity contribution in [2.45, 2.75) is 13.5 Å². The molecule has 80 valence electrons. The largest absolute Gasteiger partial charge is 0.447 e. The number of nitrogens with two attached hydrogens (primary N) is 1. The first kappa shape index (κ1) is 9.98. The molecular weight excluding hydrogens is 192 g/mol. The van der Waals surface area contributed by atoms with Crippen molar-refractivity contribution in [1.82, 2.24) is 0 Å². The first-order valence-electron chi connectivity index (χ1n) is 4.96. The number of cyclic esters (lactones) is 1. The van der Waals surface area contributed by atoms with E-state index >= 15 is 0 Å². The lowest BCUT2D eigenvalue weighted by atomic mass is 10.1. The van der Waals surface area contributed by atoms with E-state index in [9.17, 15) is 4.79 Å². The summed E-state index contributed by atoms with van der Waals surface area (Å²) >= 11 is 0. The molecule has 1 aliphatic heterocycles. The molecule has 2 N–H and O–H groups in total. The van der Waals surface area contributed by atoms with Gasteiger partial charge in [0.1, 0.15) is 6.61 Å². The predicted molar refractivity (Wildman–Crippen MR) is 57.8 cm³/mol. The third-order valence-corrected chi connectivity index (χ3v) is 2.62. The van der Waals surface area contributed by atoms with Gasteiger partial charge < -0.3 is 10.5 Å². The molecule has 4 nitrogen and oxygen atoms in total. The summed E-state index contributed by atoms with van der Waals surface area (Å²) in [6, 6.07) is 5.83. The van der Waals surface area contributed by atoms with Gasteiger partial charge in [-0.25, -0.2) is 4.79 Å². The molecule has 15 heavy (non-hydrogen) atoms. The Morgan fingerprint density at radius 3 is 2.87 bits per heavy atom. The predicted octanol–water partition coefficient (Wildman–Crippen LogP) is 1.41. The molecule has 1 fully saturated rings. The van der Waals surface area contributed by atoms with E-state index < -0.39 is 0 Å². The second kappa shape index (κ2) is 3.90. The van der Waals surface area contributed by atoms with Crippen molar-refractivity contribution < 1.29 is 9.53 Å². The maximum absolute atomic E-state index is 11.3. The molecule has 1 aliphatic rings. The lowest BCUT2D eigenvalue weighted by Gasteiger charge is -2.14. The highest BCUT2D eigenvalue weighted by Gasteiger charge is 2.23. The second-order valence-electron chi connectivity index (χ2n) is 3.58. The van der Waals surface area contributed by atoms with Gasteiger partial charge in [0.2, 0.25) is 0 Å². The number of anilines is 1. The van der Waals surface area contributed by atoms with Gasteiger partial charge in [0.15, 0.2) is 0 Å². The molecule has 1 saturated heterocycles. The maximum Gasteiger partial charge on any atom is 0.414 e. The van der Waals surface area contributed by atoms with E-state index in [0.717, 1.165) is 16.8 Å². The number of carbonyl (C=O) groups excluding carboxylic acids is 1. The van der Waals surface area contributed by atoms with E-state index in [-0.39, 0.29) is 6.09 Å². The highest BCUT2D eigenvalue weighted by atomic mass is 16.6. The van der Waals surface area contributed by atoms with Crippen molar-refractivity contribution in [2.24, 2.45) is 5.73 Å². The summed E-state index contributed by atoms with van der Waals surface area (Å²) in [5.41, 5.74) is 8.67. The van der Waals surface area contributed by atoms with E-state index in [4.69, 9.17) is 10.5 Å². The maximum atomic E-state index is 11.3. The van der Waals surface area contributed by atoms with Crippen LogP contribution in [-0.4, -0.2) is 19.2 Å². The van der Waals surface area contributed by atoms with Crippen molar-refractivity contribution in [1.29, 1.82) is 0 Å². The van der Waals surface area contributed by atoms with Crippen LogP contribution in [0.1, 0.15) is 11.1 Å². The molecule has 0 radical (unpaired) electrons. The number of nitrogens with zero attached hydrogens (tertiary/aromatic N) is 1. The number of carbonyl (C=O) groups is 1. The van der Waals surface area contributed by atoms with Crippen molar-refractivity contribution in [3.63, 3.8) is 0 Å². The van der Waals surface area contributed by atoms with Crippen LogP contribution in [0.25, 0.3) is 0 Å². The summed E-state index contributed by atoms with van der Waals surface area (Å²) in [6.07, 6.45) is -0.269. The number of benzene rings is 1. The normalized spacial score (nSPS) is 15.6. The zero-order valence-corrected chi connectivity index (χ0v) is 8.69. The monoisotopic (exact) mass is 206 g/mol. The Labute approximate surface area is 88.6 Å². The molecule has 1 aromatic rings. The van der Waals surface area contributed by atoms with Gasteiger partial charge in [0.05, 0.1) is 6.54 Å². The first-order valence-corrected chi connectivity index (χ1v) is 4.96. The van der Waals surface area contributed by atoms with E-state index in [0.29, 0.717) is 19.7 Å². The Kier molecular flexibility index (Phi) is 2.60. The summed E-state index contributed by atoms with van der Waals surface area (Å²) < 4.78 is 4.88. The Morgan fingerprint density at radius 1 is 1.53 bits per heavy atom. The summed E-state index contributed by atoms with van der Waals surface area (Å²) in [5.74, 6) is 0. The fraction of sp³-hybridized carbons (Fsp3) is 0.364. The number of aryl methyl sites for hydroxylation is 1. The van der Waals surface area contributed by atoms with E-state index in [2.05, 4.69) is 0 Å². The lowest BCUT2D eigenvalue weighted by molar-refractivity contribution is 0.181. The van der Waals surface area contributed by atoms with Crippen LogP contribution in [0.4, 0.5) is 10.5 Å². The van der Waals surface area contributed by atoms with Crippen LogP contribution >= 0.6 is 0 Å². The topological polar surface area (TPSA) is 55.6 Å². The fourth-order valence-electron chi connectivity index (χ4n) is 1.70. The Bertz CT molecular complexity index is 390. The highest BCUT2D eigenvalue weighted by Crippen LogP contribution is 2.21. The molecular formula is C11H14N2O2. The van der Waals surface area contributed by atoms with Gasteiger partial charge in [0.25, 0.3) is 0 Å². The molecule has 0 aliphatic carbocycles. The van der Waals surface area contributed by atoms with Gasteiger partial charge in [-0.05, 0) is 30.2 Å². The van der Waals surface area contributed by atoms with Crippen molar-refractivity contribution in [3.8, 4) is 0 Å². The number of hydrogen-bond acceptors (Lipinski definition) is 3. The van der Waals surface area contributed by atoms with Crippen molar-refractivity contribution in [3.05, 3.63) is 29.3 Å². The zero-order chi connectivity index (χ0) is 10.8. The number of amides is 1. The fourth-order valence-corrected chi connectivity index (χ4v) is 1.70.